The number of benzene rings is 1. The molecule has 2 aromatic heterocycles. The van der Waals surface area contributed by atoms with Gasteiger partial charge in [0, 0.05) is 48.5 Å². The average molecular weight is 533 g/mol. The number of anilines is 3. The molecule has 1 aliphatic carbocycles. The number of amides is 1. The second kappa shape index (κ2) is 9.82. The molecule has 1 fully saturated rings. The minimum absolute atomic E-state index is 0.114. The molecule has 1 amide bonds. The van der Waals surface area contributed by atoms with E-state index in [1.807, 2.05) is 14.0 Å². The van der Waals surface area contributed by atoms with Gasteiger partial charge in [0.1, 0.15) is 0 Å². The van der Waals surface area contributed by atoms with Gasteiger partial charge < -0.3 is 25.6 Å². The van der Waals surface area contributed by atoms with Crippen molar-refractivity contribution in [2.75, 3.05) is 43.4 Å². The molecule has 0 radical (unpaired) electrons. The Balaban J connectivity index is 1.52. The van der Waals surface area contributed by atoms with Crippen molar-refractivity contribution in [3.05, 3.63) is 45.3 Å². The highest BCUT2D eigenvalue weighted by molar-refractivity contribution is 7.14. The summed E-state index contributed by atoms with van der Waals surface area (Å²) >= 11 is 1.37. The van der Waals surface area contributed by atoms with E-state index in [1.54, 1.807) is 18.3 Å². The van der Waals surface area contributed by atoms with E-state index in [0.717, 1.165) is 53.4 Å². The van der Waals surface area contributed by atoms with Crippen molar-refractivity contribution in [3.8, 4) is 17.0 Å². The fraction of sp³-hybridized carbons (Fsp3) is 0.400. The maximum atomic E-state index is 13.2. The number of nitrogens with zero attached hydrogens (tertiary/aromatic N) is 4. The van der Waals surface area contributed by atoms with Gasteiger partial charge in [-0.3, -0.25) is 4.79 Å². The van der Waals surface area contributed by atoms with Crippen molar-refractivity contribution in [1.29, 1.82) is 0 Å². The average Bonchev–Trinajstić information content (AvgIpc) is 3.24. The maximum absolute atomic E-state index is 13.2. The summed E-state index contributed by atoms with van der Waals surface area (Å²) in [7, 11) is 2.03. The minimum Gasteiger partial charge on any atom is -0.404 e. The molecule has 0 bridgehead atoms. The van der Waals surface area contributed by atoms with Crippen LogP contribution in [0.4, 0.5) is 30.5 Å². The fourth-order valence-corrected chi connectivity index (χ4v) is 5.96. The fourth-order valence-electron chi connectivity index (χ4n) is 4.82. The zero-order valence-electron chi connectivity index (χ0n) is 20.5. The highest BCUT2D eigenvalue weighted by atomic mass is 32.1. The number of piperazine rings is 1. The molecule has 3 N–H and O–H groups in total. The van der Waals surface area contributed by atoms with Gasteiger partial charge in [0.05, 0.1) is 16.3 Å². The summed E-state index contributed by atoms with van der Waals surface area (Å²) < 4.78 is 43.8. The molecule has 0 atom stereocenters. The third-order valence-electron chi connectivity index (χ3n) is 6.67. The number of carbonyl (C=O) groups is 1. The molecule has 1 aromatic carbocycles. The van der Waals surface area contributed by atoms with E-state index in [2.05, 4.69) is 24.8 Å². The van der Waals surface area contributed by atoms with E-state index in [0.29, 0.717) is 29.8 Å². The van der Waals surface area contributed by atoms with Gasteiger partial charge in [0.15, 0.2) is 5.75 Å². The Kier molecular flexibility index (Phi) is 6.71. The van der Waals surface area contributed by atoms with E-state index in [1.165, 1.54) is 17.4 Å². The number of fused-ring (bicyclic) bond motifs is 3. The Bertz CT molecular complexity index is 1330. The lowest BCUT2D eigenvalue weighted by atomic mass is 9.89. The smallest absolute Gasteiger partial charge is 0.404 e. The number of primary amides is 1. The summed E-state index contributed by atoms with van der Waals surface area (Å²) in [6.45, 7) is 5.22. The molecule has 5 rings (SSSR count). The van der Waals surface area contributed by atoms with Crippen molar-refractivity contribution in [1.82, 2.24) is 14.9 Å². The first-order chi connectivity index (χ1) is 17.6. The standard InChI is InChI=1S/C25H27F3N6O2S/c1-3-19-20-16(22(37-19)23(29)35)6-4-14-13-30-24(32-21(14)20)31-17-12-15(34-10-8-33(2)9-11-34)5-7-18(17)36-25(26,27)28/h5,7,12-13H,3-4,6,8-11H2,1-2H3,(H2,29,35)(H,30,31,32). The number of aromatic nitrogens is 2. The second-order valence-corrected chi connectivity index (χ2v) is 10.2. The first-order valence-electron chi connectivity index (χ1n) is 12.0. The number of nitrogens with two attached hydrogens (primary N) is 1. The van der Waals surface area contributed by atoms with Crippen molar-refractivity contribution < 1.29 is 22.7 Å². The van der Waals surface area contributed by atoms with Crippen LogP contribution in [0.1, 0.15) is 32.6 Å². The van der Waals surface area contributed by atoms with E-state index >= 15 is 0 Å². The first kappa shape index (κ1) is 25.3. The zero-order valence-corrected chi connectivity index (χ0v) is 21.3. The number of thiophene rings is 1. The van der Waals surface area contributed by atoms with Crippen molar-refractivity contribution in [3.63, 3.8) is 0 Å². The summed E-state index contributed by atoms with van der Waals surface area (Å²) in [6, 6.07) is 4.57. The molecule has 196 valence electrons. The molecule has 0 unspecified atom stereocenters. The van der Waals surface area contributed by atoms with Crippen LogP contribution in [0.15, 0.2) is 24.4 Å². The van der Waals surface area contributed by atoms with E-state index < -0.39 is 12.3 Å². The van der Waals surface area contributed by atoms with Crippen LogP contribution in [0.25, 0.3) is 11.3 Å². The number of carbonyl (C=O) groups excluding carboxylic acids is 1. The highest BCUT2D eigenvalue weighted by Gasteiger charge is 2.33. The molecule has 3 heterocycles. The van der Waals surface area contributed by atoms with Gasteiger partial charge in [-0.15, -0.1) is 24.5 Å². The van der Waals surface area contributed by atoms with Crippen molar-refractivity contribution in [2.45, 2.75) is 32.5 Å². The second-order valence-electron chi connectivity index (χ2n) is 9.14. The predicted octanol–water partition coefficient (Wildman–Crippen LogP) is 4.36. The Morgan fingerprint density at radius 2 is 1.97 bits per heavy atom. The van der Waals surface area contributed by atoms with Gasteiger partial charge in [-0.05, 0) is 55.6 Å². The number of nitrogens with one attached hydrogen (secondary N) is 1. The van der Waals surface area contributed by atoms with Gasteiger partial charge >= 0.3 is 6.36 Å². The van der Waals surface area contributed by atoms with Crippen LogP contribution >= 0.6 is 11.3 Å². The number of likely N-dealkylation sites (N-methyl/N-ethyl adjacent to an activating group) is 1. The molecule has 0 saturated carbocycles. The number of halogens is 3. The molecular formula is C25H27F3N6O2S. The van der Waals surface area contributed by atoms with Gasteiger partial charge in [-0.25, -0.2) is 9.97 Å². The SMILES string of the molecule is CCc1sc(C(N)=O)c2c1-c1nc(Nc3cc(N4CCN(C)CC4)ccc3OC(F)(F)F)ncc1CC2. The zero-order chi connectivity index (χ0) is 26.3. The Hall–Kier alpha value is -3.38. The van der Waals surface area contributed by atoms with Crippen LogP contribution in [0.2, 0.25) is 0 Å². The quantitative estimate of drug-likeness (QED) is 0.487. The van der Waals surface area contributed by atoms with Crippen LogP contribution in [-0.2, 0) is 19.3 Å². The number of rotatable bonds is 6. The minimum atomic E-state index is -4.85. The lowest BCUT2D eigenvalue weighted by molar-refractivity contribution is -0.274. The monoisotopic (exact) mass is 532 g/mol. The normalized spacial score (nSPS) is 15.8. The summed E-state index contributed by atoms with van der Waals surface area (Å²) in [6.07, 6.45) is -1.17. The molecule has 0 spiro atoms. The molecule has 12 heteroatoms. The van der Waals surface area contributed by atoms with Crippen LogP contribution in [0.3, 0.4) is 0 Å². The number of hydrogen-bond donors (Lipinski definition) is 2. The first-order valence-corrected chi connectivity index (χ1v) is 12.9. The molecule has 1 aliphatic heterocycles. The lowest BCUT2D eigenvalue weighted by Gasteiger charge is -2.34. The maximum Gasteiger partial charge on any atom is 0.573 e. The van der Waals surface area contributed by atoms with Gasteiger partial charge in [-0.2, -0.15) is 0 Å². The summed E-state index contributed by atoms with van der Waals surface area (Å²) in [5.41, 5.74) is 9.87. The van der Waals surface area contributed by atoms with E-state index in [9.17, 15) is 18.0 Å². The number of alkyl halides is 3. The lowest BCUT2D eigenvalue weighted by Crippen LogP contribution is -2.44. The molecule has 3 aromatic rings. The van der Waals surface area contributed by atoms with E-state index in [-0.39, 0.29) is 17.4 Å². The van der Waals surface area contributed by atoms with Gasteiger partial charge in [0.25, 0.3) is 5.91 Å². The summed E-state index contributed by atoms with van der Waals surface area (Å²) in [5.74, 6) is -0.692. The van der Waals surface area contributed by atoms with Crippen LogP contribution in [0.5, 0.6) is 5.75 Å². The largest absolute Gasteiger partial charge is 0.573 e. The van der Waals surface area contributed by atoms with Crippen LogP contribution < -0.4 is 20.7 Å². The molecule has 8 nitrogen and oxygen atoms in total. The Morgan fingerprint density at radius 3 is 2.65 bits per heavy atom. The number of aryl methyl sites for hydroxylation is 2. The van der Waals surface area contributed by atoms with Gasteiger partial charge in [0.2, 0.25) is 5.95 Å². The van der Waals surface area contributed by atoms with Crippen molar-refractivity contribution in [2.24, 2.45) is 5.73 Å². The third kappa shape index (κ3) is 5.21. The molecule has 37 heavy (non-hydrogen) atoms. The Morgan fingerprint density at radius 1 is 1.22 bits per heavy atom. The topological polar surface area (TPSA) is 96.6 Å². The number of hydrogen-bond acceptors (Lipinski definition) is 8. The van der Waals surface area contributed by atoms with Crippen molar-refractivity contribution >= 4 is 34.6 Å². The third-order valence-corrected chi connectivity index (χ3v) is 8.07. The number of ether oxygens (including phenoxy) is 1. The summed E-state index contributed by atoms with van der Waals surface area (Å²) in [4.78, 5) is 26.9. The Labute approximate surface area is 216 Å². The van der Waals surface area contributed by atoms with E-state index in [4.69, 9.17) is 10.7 Å². The highest BCUT2D eigenvalue weighted by Crippen LogP contribution is 2.42. The van der Waals surface area contributed by atoms with Gasteiger partial charge in [-0.1, -0.05) is 6.92 Å². The molecule has 2 aliphatic rings. The predicted molar refractivity (Wildman–Crippen MR) is 137 cm³/mol. The summed E-state index contributed by atoms with van der Waals surface area (Å²) in [5, 5.41) is 2.96. The molecular weight excluding hydrogens is 505 g/mol. The molecule has 1 saturated heterocycles. The van der Waals surface area contributed by atoms with Crippen LogP contribution in [-0.4, -0.2) is 60.4 Å². The van der Waals surface area contributed by atoms with Crippen LogP contribution in [0, 0.1) is 0 Å².